The molecule has 0 radical (unpaired) electrons. The third-order valence-corrected chi connectivity index (χ3v) is 8.09. The Bertz CT molecular complexity index is 1390. The molecule has 1 saturated heterocycles. The minimum Gasteiger partial charge on any atom is -0.493 e. The lowest BCUT2D eigenvalue weighted by Gasteiger charge is -2.42. The van der Waals surface area contributed by atoms with Crippen LogP contribution in [0.5, 0.6) is 5.75 Å². The summed E-state index contributed by atoms with van der Waals surface area (Å²) in [7, 11) is 0. The van der Waals surface area contributed by atoms with Crippen molar-refractivity contribution in [1.82, 2.24) is 10.2 Å². The number of carbonyl (C=O) groups is 2. The van der Waals surface area contributed by atoms with Gasteiger partial charge in [0.1, 0.15) is 11.4 Å². The Hall–Kier alpha value is -3.25. The van der Waals surface area contributed by atoms with Crippen LogP contribution in [0.1, 0.15) is 69.7 Å². The number of benzene rings is 3. The second kappa shape index (κ2) is 10.7. The van der Waals surface area contributed by atoms with E-state index in [1.54, 1.807) is 4.90 Å². The summed E-state index contributed by atoms with van der Waals surface area (Å²) in [6, 6.07) is 18.1. The second-order valence-corrected chi connectivity index (χ2v) is 12.3. The second-order valence-electron chi connectivity index (χ2n) is 11.9. The summed E-state index contributed by atoms with van der Waals surface area (Å²) in [5.41, 5.74) is 2.37. The van der Waals surface area contributed by atoms with Crippen molar-refractivity contribution in [3.63, 3.8) is 0 Å². The van der Waals surface area contributed by atoms with E-state index in [0.717, 1.165) is 34.1 Å². The molecule has 1 fully saturated rings. The number of ether oxygens (including phenoxy) is 2. The van der Waals surface area contributed by atoms with Gasteiger partial charge in [0, 0.05) is 36.4 Å². The van der Waals surface area contributed by atoms with Crippen LogP contribution < -0.4 is 10.1 Å². The molecular weight excluding hydrogens is 512 g/mol. The maximum absolute atomic E-state index is 13.7. The molecule has 2 heterocycles. The first-order valence-electron chi connectivity index (χ1n) is 13.7. The van der Waals surface area contributed by atoms with Crippen LogP contribution in [-0.4, -0.2) is 42.2 Å². The standard InChI is InChI=1S/C32H37ClN2O4/c1-21(27-19-25(33)18-22-7-5-6-8-26(22)27)34-29(36)20-32(24-9-10-28-23(17-24)11-16-38-28)12-14-35(15-13-32)30(37)39-31(2,3)4/h5-10,17-19,21H,11-16,20H2,1-4H3,(H,34,36). The van der Waals surface area contributed by atoms with Crippen LogP contribution in [0.4, 0.5) is 4.79 Å². The van der Waals surface area contributed by atoms with Crippen molar-refractivity contribution in [3.05, 3.63) is 76.3 Å². The lowest BCUT2D eigenvalue weighted by atomic mass is 9.70. The van der Waals surface area contributed by atoms with Gasteiger partial charge in [-0.25, -0.2) is 4.79 Å². The molecule has 0 saturated carbocycles. The fourth-order valence-electron chi connectivity index (χ4n) is 5.87. The molecular formula is C32H37ClN2O4. The number of rotatable bonds is 5. The van der Waals surface area contributed by atoms with Crippen LogP contribution in [0.15, 0.2) is 54.6 Å². The summed E-state index contributed by atoms with van der Waals surface area (Å²) in [6.07, 6.45) is 2.25. The van der Waals surface area contributed by atoms with Gasteiger partial charge in [0.2, 0.25) is 5.91 Å². The molecule has 0 aliphatic carbocycles. The number of carbonyl (C=O) groups excluding carboxylic acids is 2. The van der Waals surface area contributed by atoms with Crippen molar-refractivity contribution in [1.29, 1.82) is 0 Å². The molecule has 1 unspecified atom stereocenters. The van der Waals surface area contributed by atoms with Crippen LogP contribution in [0.25, 0.3) is 10.8 Å². The summed E-state index contributed by atoms with van der Waals surface area (Å²) in [6.45, 7) is 9.38. The van der Waals surface area contributed by atoms with Gasteiger partial charge in [0.05, 0.1) is 12.6 Å². The van der Waals surface area contributed by atoms with Gasteiger partial charge in [-0.3, -0.25) is 4.79 Å². The van der Waals surface area contributed by atoms with Crippen LogP contribution in [0.3, 0.4) is 0 Å². The number of likely N-dealkylation sites (tertiary alicyclic amines) is 1. The molecule has 7 heteroatoms. The highest BCUT2D eigenvalue weighted by Crippen LogP contribution is 2.42. The molecule has 206 valence electrons. The average Bonchev–Trinajstić information content (AvgIpc) is 3.35. The maximum atomic E-state index is 13.7. The molecule has 2 aliphatic rings. The van der Waals surface area contributed by atoms with E-state index in [-0.39, 0.29) is 18.0 Å². The van der Waals surface area contributed by atoms with Crippen LogP contribution in [0, 0.1) is 0 Å². The fraction of sp³-hybridized carbons (Fsp3) is 0.438. The molecule has 0 aromatic heterocycles. The van der Waals surface area contributed by atoms with Crippen LogP contribution >= 0.6 is 11.6 Å². The van der Waals surface area contributed by atoms with E-state index < -0.39 is 11.0 Å². The van der Waals surface area contributed by atoms with Gasteiger partial charge in [-0.2, -0.15) is 0 Å². The summed E-state index contributed by atoms with van der Waals surface area (Å²) >= 11 is 6.42. The van der Waals surface area contributed by atoms with Gasteiger partial charge < -0.3 is 19.7 Å². The van der Waals surface area contributed by atoms with Gasteiger partial charge in [0.25, 0.3) is 0 Å². The van der Waals surface area contributed by atoms with E-state index in [0.29, 0.717) is 44.0 Å². The van der Waals surface area contributed by atoms with Crippen LogP contribution in [0.2, 0.25) is 5.02 Å². The third-order valence-electron chi connectivity index (χ3n) is 7.88. The minimum atomic E-state index is -0.549. The lowest BCUT2D eigenvalue weighted by molar-refractivity contribution is -0.123. The number of hydrogen-bond donors (Lipinski definition) is 1. The molecule has 3 aromatic carbocycles. The highest BCUT2D eigenvalue weighted by molar-refractivity contribution is 6.31. The predicted octanol–water partition coefficient (Wildman–Crippen LogP) is 6.96. The zero-order chi connectivity index (χ0) is 27.8. The molecule has 5 rings (SSSR count). The Morgan fingerprint density at radius 3 is 2.59 bits per heavy atom. The number of hydrogen-bond acceptors (Lipinski definition) is 4. The van der Waals surface area contributed by atoms with E-state index in [1.807, 2.05) is 64.1 Å². The molecule has 2 amide bonds. The Morgan fingerprint density at radius 2 is 1.85 bits per heavy atom. The molecule has 39 heavy (non-hydrogen) atoms. The molecule has 6 nitrogen and oxygen atoms in total. The van der Waals surface area contributed by atoms with Gasteiger partial charge >= 0.3 is 6.09 Å². The van der Waals surface area contributed by atoms with E-state index in [1.165, 1.54) is 5.56 Å². The first kappa shape index (κ1) is 27.3. The normalized spacial score (nSPS) is 17.3. The van der Waals surface area contributed by atoms with E-state index in [2.05, 4.69) is 23.5 Å². The van der Waals surface area contributed by atoms with E-state index in [4.69, 9.17) is 21.1 Å². The zero-order valence-corrected chi connectivity index (χ0v) is 23.9. The van der Waals surface area contributed by atoms with Crippen molar-refractivity contribution in [2.24, 2.45) is 0 Å². The predicted molar refractivity (Wildman–Crippen MR) is 154 cm³/mol. The highest BCUT2D eigenvalue weighted by atomic mass is 35.5. The first-order valence-corrected chi connectivity index (χ1v) is 14.1. The summed E-state index contributed by atoms with van der Waals surface area (Å²) in [5.74, 6) is 0.903. The number of piperidine rings is 1. The lowest BCUT2D eigenvalue weighted by Crippen LogP contribution is -2.48. The highest BCUT2D eigenvalue weighted by Gasteiger charge is 2.41. The molecule has 2 aliphatic heterocycles. The third kappa shape index (κ3) is 6.01. The quantitative estimate of drug-likeness (QED) is 0.374. The van der Waals surface area contributed by atoms with Gasteiger partial charge in [-0.15, -0.1) is 0 Å². The van der Waals surface area contributed by atoms with Crippen molar-refractivity contribution < 1.29 is 19.1 Å². The fourth-order valence-corrected chi connectivity index (χ4v) is 6.10. The number of halogens is 1. The smallest absolute Gasteiger partial charge is 0.410 e. The Balaban J connectivity index is 1.37. The molecule has 1 N–H and O–H groups in total. The largest absolute Gasteiger partial charge is 0.493 e. The van der Waals surface area contributed by atoms with Gasteiger partial charge in [-0.05, 0) is 86.2 Å². The minimum absolute atomic E-state index is 0.0194. The summed E-state index contributed by atoms with van der Waals surface area (Å²) in [5, 5.41) is 6.02. The van der Waals surface area contributed by atoms with Gasteiger partial charge in [-0.1, -0.05) is 48.0 Å². The molecule has 0 bridgehead atoms. The van der Waals surface area contributed by atoms with Crippen molar-refractivity contribution in [2.75, 3.05) is 19.7 Å². The summed E-state index contributed by atoms with van der Waals surface area (Å²) < 4.78 is 11.4. The monoisotopic (exact) mass is 548 g/mol. The van der Waals surface area contributed by atoms with Crippen LogP contribution in [-0.2, 0) is 21.4 Å². The first-order chi connectivity index (χ1) is 18.5. The molecule has 3 aromatic rings. The van der Waals surface area contributed by atoms with Gasteiger partial charge in [0.15, 0.2) is 0 Å². The Kier molecular flexibility index (Phi) is 7.51. The SMILES string of the molecule is CC(NC(=O)CC1(c2ccc3c(c2)CCO3)CCN(C(=O)OC(C)(C)C)CC1)c1cc(Cl)cc2ccccc12. The van der Waals surface area contributed by atoms with E-state index >= 15 is 0 Å². The van der Waals surface area contributed by atoms with E-state index in [9.17, 15) is 9.59 Å². The number of amides is 2. The zero-order valence-electron chi connectivity index (χ0n) is 23.2. The average molecular weight is 549 g/mol. The number of nitrogens with one attached hydrogen (secondary N) is 1. The topological polar surface area (TPSA) is 67.9 Å². The van der Waals surface area contributed by atoms with Crippen molar-refractivity contribution in [3.8, 4) is 5.75 Å². The Morgan fingerprint density at radius 1 is 1.10 bits per heavy atom. The van der Waals surface area contributed by atoms with Crippen molar-refractivity contribution >= 4 is 34.4 Å². The van der Waals surface area contributed by atoms with Crippen molar-refractivity contribution in [2.45, 2.75) is 70.4 Å². The number of nitrogens with zero attached hydrogens (tertiary/aromatic N) is 1. The molecule has 0 spiro atoms. The summed E-state index contributed by atoms with van der Waals surface area (Å²) in [4.78, 5) is 28.2. The number of fused-ring (bicyclic) bond motifs is 2. The maximum Gasteiger partial charge on any atom is 0.410 e. The Labute approximate surface area is 235 Å². The molecule has 1 atom stereocenters.